The van der Waals surface area contributed by atoms with Crippen molar-refractivity contribution in [1.29, 1.82) is 0 Å². The fourth-order valence-corrected chi connectivity index (χ4v) is 3.12. The summed E-state index contributed by atoms with van der Waals surface area (Å²) in [6.07, 6.45) is 2.46. The van der Waals surface area contributed by atoms with Crippen LogP contribution in [0.5, 0.6) is 0 Å². The second kappa shape index (κ2) is 8.10. The fourth-order valence-electron chi connectivity index (χ4n) is 3.12. The highest BCUT2D eigenvalue weighted by molar-refractivity contribution is 4.86. The summed E-state index contributed by atoms with van der Waals surface area (Å²) < 4.78 is 5.29. The lowest BCUT2D eigenvalue weighted by Crippen LogP contribution is -2.46. The van der Waals surface area contributed by atoms with Crippen molar-refractivity contribution < 1.29 is 9.84 Å². The average molecular weight is 258 g/mol. The molecule has 1 saturated carbocycles. The van der Waals surface area contributed by atoms with Gasteiger partial charge in [0.1, 0.15) is 0 Å². The quantitative estimate of drug-likeness (QED) is 0.667. The van der Waals surface area contributed by atoms with Crippen LogP contribution in [0.4, 0.5) is 0 Å². The van der Waals surface area contributed by atoms with Crippen LogP contribution in [0, 0.1) is 17.8 Å². The zero-order chi connectivity index (χ0) is 13.5. The van der Waals surface area contributed by atoms with Crippen molar-refractivity contribution in [3.63, 3.8) is 0 Å². The minimum absolute atomic E-state index is 0.103. The van der Waals surface area contributed by atoms with Crippen molar-refractivity contribution in [3.05, 3.63) is 0 Å². The number of hydrogen-bond acceptors (Lipinski definition) is 4. The molecule has 0 aromatic carbocycles. The molecular weight excluding hydrogens is 228 g/mol. The van der Waals surface area contributed by atoms with Crippen LogP contribution in [-0.4, -0.2) is 56.0 Å². The molecule has 108 valence electrons. The van der Waals surface area contributed by atoms with Gasteiger partial charge in [0.15, 0.2) is 0 Å². The highest BCUT2D eigenvalue weighted by Crippen LogP contribution is 2.33. The summed E-state index contributed by atoms with van der Waals surface area (Å²) in [7, 11) is 2.12. The predicted octanol–water partition coefficient (Wildman–Crippen LogP) is 0.937. The summed E-state index contributed by atoms with van der Waals surface area (Å²) in [5.74, 6) is 2.08. The molecule has 4 heteroatoms. The topological polar surface area (TPSA) is 58.7 Å². The van der Waals surface area contributed by atoms with Crippen molar-refractivity contribution in [2.45, 2.75) is 32.7 Å². The van der Waals surface area contributed by atoms with Crippen molar-refractivity contribution in [2.24, 2.45) is 23.5 Å². The van der Waals surface area contributed by atoms with Gasteiger partial charge in [-0.2, -0.15) is 0 Å². The summed E-state index contributed by atoms with van der Waals surface area (Å²) in [5.41, 5.74) is 6.29. The predicted molar refractivity (Wildman–Crippen MR) is 74.4 cm³/mol. The van der Waals surface area contributed by atoms with Crippen molar-refractivity contribution in [1.82, 2.24) is 4.90 Å². The van der Waals surface area contributed by atoms with Gasteiger partial charge >= 0.3 is 0 Å². The molecule has 1 aliphatic carbocycles. The van der Waals surface area contributed by atoms with Gasteiger partial charge in [-0.3, -0.25) is 0 Å². The molecule has 0 aromatic heterocycles. The molecule has 4 unspecified atom stereocenters. The smallest absolute Gasteiger partial charge is 0.0698 e. The number of likely N-dealkylation sites (N-methyl/N-ethyl adjacent to an activating group) is 1. The molecular formula is C14H30N2O2. The summed E-state index contributed by atoms with van der Waals surface area (Å²) in [6.45, 7) is 7.82. The molecule has 0 aromatic rings. The van der Waals surface area contributed by atoms with E-state index in [0.29, 0.717) is 31.1 Å². The van der Waals surface area contributed by atoms with Crippen LogP contribution in [0.2, 0.25) is 0 Å². The molecule has 1 rings (SSSR count). The first-order chi connectivity index (χ1) is 8.54. The van der Waals surface area contributed by atoms with E-state index in [9.17, 15) is 0 Å². The lowest BCUT2D eigenvalue weighted by molar-refractivity contribution is 0.0663. The Bertz CT molecular complexity index is 214. The Labute approximate surface area is 111 Å². The number of aliphatic hydroxyl groups excluding tert-OH is 1. The Morgan fingerprint density at radius 2 is 2.00 bits per heavy atom. The Balaban J connectivity index is 2.27. The fraction of sp³-hybridized carbons (Fsp3) is 1.00. The summed E-state index contributed by atoms with van der Waals surface area (Å²) in [4.78, 5) is 2.30. The Hall–Kier alpha value is -0.160. The van der Waals surface area contributed by atoms with E-state index in [1.165, 1.54) is 6.42 Å². The molecule has 0 spiro atoms. The first-order valence-corrected chi connectivity index (χ1v) is 7.17. The van der Waals surface area contributed by atoms with Gasteiger partial charge in [0.25, 0.3) is 0 Å². The second-order valence-corrected chi connectivity index (χ2v) is 5.98. The molecule has 3 N–H and O–H groups in total. The van der Waals surface area contributed by atoms with Crippen LogP contribution in [0.1, 0.15) is 26.7 Å². The maximum Gasteiger partial charge on any atom is 0.0698 e. The average Bonchev–Trinajstić information content (AvgIpc) is 2.29. The molecule has 0 amide bonds. The van der Waals surface area contributed by atoms with Gasteiger partial charge in [-0.05, 0) is 37.6 Å². The van der Waals surface area contributed by atoms with Crippen molar-refractivity contribution >= 4 is 0 Å². The first kappa shape index (κ1) is 15.9. The van der Waals surface area contributed by atoms with Crippen LogP contribution >= 0.6 is 0 Å². The zero-order valence-corrected chi connectivity index (χ0v) is 12.1. The van der Waals surface area contributed by atoms with Crippen LogP contribution in [0.25, 0.3) is 0 Å². The summed E-state index contributed by atoms with van der Waals surface area (Å²) in [5, 5.41) is 8.63. The maximum absolute atomic E-state index is 8.63. The standard InChI is InChI=1S/C14H30N2O2/c1-11-8-12(2)13(14(15)9-11)10-16(3)4-6-18-7-5-17/h11-14,17H,4-10,15H2,1-3H3. The highest BCUT2D eigenvalue weighted by Gasteiger charge is 2.32. The molecule has 0 aliphatic heterocycles. The number of ether oxygens (including phenoxy) is 1. The molecule has 4 atom stereocenters. The Kier molecular flexibility index (Phi) is 7.15. The minimum atomic E-state index is 0.103. The van der Waals surface area contributed by atoms with Crippen molar-refractivity contribution in [2.75, 3.05) is 40.0 Å². The molecule has 4 nitrogen and oxygen atoms in total. The van der Waals surface area contributed by atoms with Gasteiger partial charge in [-0.1, -0.05) is 13.8 Å². The molecule has 0 saturated heterocycles. The molecule has 1 aliphatic rings. The third kappa shape index (κ3) is 5.22. The molecule has 0 radical (unpaired) electrons. The Morgan fingerprint density at radius 1 is 1.28 bits per heavy atom. The number of nitrogens with two attached hydrogens (primary N) is 1. The van der Waals surface area contributed by atoms with Gasteiger partial charge in [0, 0.05) is 19.1 Å². The van der Waals surface area contributed by atoms with E-state index < -0.39 is 0 Å². The Morgan fingerprint density at radius 3 is 2.61 bits per heavy atom. The van der Waals surface area contributed by atoms with E-state index in [2.05, 4.69) is 25.8 Å². The first-order valence-electron chi connectivity index (χ1n) is 7.17. The van der Waals surface area contributed by atoms with Crippen LogP contribution in [-0.2, 0) is 4.74 Å². The van der Waals surface area contributed by atoms with Crippen LogP contribution < -0.4 is 5.73 Å². The molecule has 18 heavy (non-hydrogen) atoms. The van der Waals surface area contributed by atoms with Gasteiger partial charge in [0.05, 0.1) is 19.8 Å². The lowest BCUT2D eigenvalue weighted by Gasteiger charge is -2.39. The molecule has 0 heterocycles. The summed E-state index contributed by atoms with van der Waals surface area (Å²) >= 11 is 0. The van der Waals surface area contributed by atoms with Crippen LogP contribution in [0.15, 0.2) is 0 Å². The van der Waals surface area contributed by atoms with Crippen LogP contribution in [0.3, 0.4) is 0 Å². The number of aliphatic hydroxyl groups is 1. The zero-order valence-electron chi connectivity index (χ0n) is 12.1. The monoisotopic (exact) mass is 258 g/mol. The highest BCUT2D eigenvalue weighted by atomic mass is 16.5. The van der Waals surface area contributed by atoms with E-state index in [1.54, 1.807) is 0 Å². The normalized spacial score (nSPS) is 33.0. The van der Waals surface area contributed by atoms with E-state index >= 15 is 0 Å². The lowest BCUT2D eigenvalue weighted by atomic mass is 9.72. The second-order valence-electron chi connectivity index (χ2n) is 5.98. The largest absolute Gasteiger partial charge is 0.394 e. The summed E-state index contributed by atoms with van der Waals surface area (Å²) in [6, 6.07) is 0.338. The van der Waals surface area contributed by atoms with Gasteiger partial charge < -0.3 is 20.5 Å². The van der Waals surface area contributed by atoms with E-state index in [1.807, 2.05) is 0 Å². The number of nitrogens with zero attached hydrogens (tertiary/aromatic N) is 1. The van der Waals surface area contributed by atoms with E-state index in [0.717, 1.165) is 25.4 Å². The molecule has 0 bridgehead atoms. The van der Waals surface area contributed by atoms with E-state index in [4.69, 9.17) is 15.6 Å². The maximum atomic E-state index is 8.63. The van der Waals surface area contributed by atoms with Gasteiger partial charge in [-0.15, -0.1) is 0 Å². The molecule has 1 fully saturated rings. The third-order valence-corrected chi connectivity index (χ3v) is 4.10. The minimum Gasteiger partial charge on any atom is -0.394 e. The number of rotatable bonds is 7. The van der Waals surface area contributed by atoms with Gasteiger partial charge in [-0.25, -0.2) is 0 Å². The third-order valence-electron chi connectivity index (χ3n) is 4.10. The van der Waals surface area contributed by atoms with Crippen molar-refractivity contribution in [3.8, 4) is 0 Å². The SMILES string of the molecule is CC1CC(C)C(CN(C)CCOCCO)C(N)C1. The van der Waals surface area contributed by atoms with E-state index in [-0.39, 0.29) is 6.61 Å². The van der Waals surface area contributed by atoms with Gasteiger partial charge in [0.2, 0.25) is 0 Å². The number of hydrogen-bond donors (Lipinski definition) is 2.